The van der Waals surface area contributed by atoms with E-state index in [0.717, 1.165) is 36.0 Å². The molecule has 1 aliphatic carbocycles. The normalized spacial score (nSPS) is 25.8. The zero-order chi connectivity index (χ0) is 31.4. The van der Waals surface area contributed by atoms with Crippen molar-refractivity contribution in [2.45, 2.75) is 56.2 Å². The van der Waals surface area contributed by atoms with Crippen LogP contribution in [-0.4, -0.2) is 63.5 Å². The van der Waals surface area contributed by atoms with Gasteiger partial charge < -0.3 is 19.7 Å². The number of aromatic nitrogens is 2. The number of amides is 2. The average Bonchev–Trinajstić information content (AvgIpc) is 3.81. The molecule has 2 amide bonds. The van der Waals surface area contributed by atoms with Crippen molar-refractivity contribution < 1.29 is 18.0 Å². The molecule has 0 radical (unpaired) electrons. The van der Waals surface area contributed by atoms with E-state index in [1.165, 1.54) is 4.90 Å². The number of nitrogens with zero attached hydrogens (tertiary/aromatic N) is 5. The number of nitriles is 1. The second kappa shape index (κ2) is 10.2. The monoisotopic (exact) mass is 652 g/mol. The van der Waals surface area contributed by atoms with Crippen molar-refractivity contribution in [2.75, 3.05) is 26.2 Å². The lowest BCUT2D eigenvalue weighted by Crippen LogP contribution is -2.61. The van der Waals surface area contributed by atoms with Crippen molar-refractivity contribution >= 4 is 51.0 Å². The molecule has 232 valence electrons. The van der Waals surface area contributed by atoms with Crippen LogP contribution in [-0.2, 0) is 0 Å². The van der Waals surface area contributed by atoms with Gasteiger partial charge in [0.15, 0.2) is 5.82 Å². The Bertz CT molecular complexity index is 1930. The Kier molecular flexibility index (Phi) is 6.58. The number of alkyl halides is 2. The number of carbonyl (C=O) groups excluding carboxylic acids is 1. The summed E-state index contributed by atoms with van der Waals surface area (Å²) in [6.07, 6.45) is 4.11. The Labute approximate surface area is 267 Å². The van der Waals surface area contributed by atoms with Crippen LogP contribution in [0.4, 0.5) is 18.0 Å². The van der Waals surface area contributed by atoms with Crippen LogP contribution in [0.2, 0.25) is 10.0 Å². The van der Waals surface area contributed by atoms with Crippen molar-refractivity contribution in [1.29, 1.82) is 5.26 Å². The summed E-state index contributed by atoms with van der Waals surface area (Å²) in [6, 6.07) is 10.7. The molecular weight excluding hydrogens is 624 g/mol. The maximum atomic E-state index is 16.8. The second-order valence-electron chi connectivity index (χ2n) is 12.9. The Balaban J connectivity index is 1.35. The number of rotatable bonds is 4. The van der Waals surface area contributed by atoms with E-state index in [4.69, 9.17) is 23.2 Å². The summed E-state index contributed by atoms with van der Waals surface area (Å²) in [5, 5.41) is 15.4. The first-order valence-corrected chi connectivity index (χ1v) is 16.0. The highest BCUT2D eigenvalue weighted by Crippen LogP contribution is 2.50. The highest BCUT2D eigenvalue weighted by atomic mass is 35.5. The topological polar surface area (TPSA) is 77.2 Å². The number of fused-ring (bicyclic) bond motifs is 4. The Morgan fingerprint density at radius 2 is 2.04 bits per heavy atom. The molecule has 4 aromatic rings. The first-order chi connectivity index (χ1) is 21.6. The predicted octanol–water partition coefficient (Wildman–Crippen LogP) is 7.67. The smallest absolute Gasteiger partial charge is 0.320 e. The molecule has 2 aromatic carbocycles. The fourth-order valence-corrected chi connectivity index (χ4v) is 8.38. The van der Waals surface area contributed by atoms with Gasteiger partial charge in [0.2, 0.25) is 0 Å². The van der Waals surface area contributed by atoms with E-state index in [1.807, 2.05) is 12.1 Å². The minimum Gasteiger partial charge on any atom is -0.337 e. The summed E-state index contributed by atoms with van der Waals surface area (Å²) in [5.74, 6) is -3.75. The van der Waals surface area contributed by atoms with Crippen LogP contribution in [0, 0.1) is 23.1 Å². The zero-order valence-corrected chi connectivity index (χ0v) is 25.8. The summed E-state index contributed by atoms with van der Waals surface area (Å²) < 4.78 is 46.4. The molecule has 1 unspecified atom stereocenters. The van der Waals surface area contributed by atoms with Crippen LogP contribution < -0.4 is 5.32 Å². The molecule has 9 rings (SSSR count). The molecule has 7 nitrogen and oxygen atoms in total. The molecule has 2 bridgehead atoms. The number of urea groups is 1. The maximum absolute atomic E-state index is 16.8. The first-order valence-electron chi connectivity index (χ1n) is 15.2. The lowest BCUT2D eigenvalue weighted by atomic mass is 9.79. The van der Waals surface area contributed by atoms with Gasteiger partial charge in [-0.3, -0.25) is 4.98 Å². The van der Waals surface area contributed by atoms with Crippen LogP contribution in [0.15, 0.2) is 36.5 Å². The number of likely N-dealkylation sites (tertiary alicyclic amines) is 2. The van der Waals surface area contributed by atoms with E-state index in [1.54, 1.807) is 36.2 Å². The molecule has 45 heavy (non-hydrogen) atoms. The molecule has 2 aromatic heterocycles. The van der Waals surface area contributed by atoms with Gasteiger partial charge in [0.1, 0.15) is 5.52 Å². The van der Waals surface area contributed by atoms with E-state index >= 15 is 4.39 Å². The van der Waals surface area contributed by atoms with Crippen LogP contribution in [0.5, 0.6) is 0 Å². The highest BCUT2D eigenvalue weighted by Gasteiger charge is 2.51. The van der Waals surface area contributed by atoms with Crippen molar-refractivity contribution in [2.24, 2.45) is 5.92 Å². The van der Waals surface area contributed by atoms with Crippen LogP contribution in [0.1, 0.15) is 55.4 Å². The van der Waals surface area contributed by atoms with Gasteiger partial charge >= 0.3 is 6.03 Å². The Hall–Kier alpha value is -3.52. The summed E-state index contributed by atoms with van der Waals surface area (Å²) in [5.41, 5.74) is 2.90. The number of hydrogen-bond acceptors (Lipinski definition) is 4. The SMILES string of the molecule is CC(C#N)c1cc2c(ncc3cc([C@H]4CCCN4C(=O)N4CC(F)(F)C4)n([C@H]4[C@H]5CN[C@@H]4C5)c32)c(F)c1-c1cccc(Cl)c1Cl. The Morgan fingerprint density at radius 3 is 2.73 bits per heavy atom. The maximum Gasteiger partial charge on any atom is 0.320 e. The summed E-state index contributed by atoms with van der Waals surface area (Å²) in [6.45, 7) is 1.92. The summed E-state index contributed by atoms with van der Waals surface area (Å²) in [7, 11) is 0. The van der Waals surface area contributed by atoms with Crippen molar-refractivity contribution in [1.82, 2.24) is 24.7 Å². The minimum atomic E-state index is -2.85. The fraction of sp³-hybridized carbons (Fsp3) is 0.424. The molecule has 1 saturated carbocycles. The van der Waals surface area contributed by atoms with E-state index < -0.39 is 30.7 Å². The number of halogens is 5. The molecule has 1 N–H and O–H groups in total. The van der Waals surface area contributed by atoms with Crippen LogP contribution in [0.3, 0.4) is 0 Å². The summed E-state index contributed by atoms with van der Waals surface area (Å²) >= 11 is 12.9. The van der Waals surface area contributed by atoms with Crippen molar-refractivity contribution in [3.8, 4) is 17.2 Å². The third-order valence-corrected chi connectivity index (χ3v) is 11.0. The Morgan fingerprint density at radius 1 is 1.24 bits per heavy atom. The van der Waals surface area contributed by atoms with Gasteiger partial charge in [0.25, 0.3) is 5.92 Å². The third kappa shape index (κ3) is 4.27. The lowest BCUT2D eigenvalue weighted by molar-refractivity contribution is -0.114. The number of carbonyl (C=O) groups is 1. The lowest BCUT2D eigenvalue weighted by Gasteiger charge is -2.43. The molecular formula is C33H29Cl2F3N6O. The number of pyridine rings is 1. The van der Waals surface area contributed by atoms with Gasteiger partial charge in [0, 0.05) is 52.9 Å². The standard InChI is InChI=1S/C33H29Cl2F3N6O/c1-16(11-39)20-10-21-29(28(36)26(20)19-4-2-5-22(34)27(19)35)41-13-18-9-25(44(30(18)21)31-17-8-23(31)40-12-17)24-6-3-7-43(24)32(45)42-14-33(37,38)15-42/h2,4-5,9-10,13,16-17,23-24,31,40H,3,6-8,12,14-15H2,1H3/t16?,17-,23-,24-,31+/m1/s1. The highest BCUT2D eigenvalue weighted by molar-refractivity contribution is 6.43. The molecule has 5 atom stereocenters. The third-order valence-electron chi connectivity index (χ3n) is 10.2. The van der Waals surface area contributed by atoms with Crippen molar-refractivity contribution in [3.05, 3.63) is 63.6 Å². The predicted molar refractivity (Wildman–Crippen MR) is 166 cm³/mol. The molecule has 4 saturated heterocycles. The van der Waals surface area contributed by atoms with Gasteiger partial charge in [-0.15, -0.1) is 0 Å². The summed E-state index contributed by atoms with van der Waals surface area (Å²) in [4.78, 5) is 21.0. The molecule has 12 heteroatoms. The van der Waals surface area contributed by atoms with E-state index in [0.29, 0.717) is 35.4 Å². The van der Waals surface area contributed by atoms with Gasteiger partial charge in [0.05, 0.1) is 52.7 Å². The minimum absolute atomic E-state index is 0.0796. The van der Waals surface area contributed by atoms with Gasteiger partial charge in [-0.25, -0.2) is 18.0 Å². The number of benzene rings is 2. The van der Waals surface area contributed by atoms with Crippen LogP contribution in [0.25, 0.3) is 32.9 Å². The molecule has 4 aliphatic heterocycles. The van der Waals surface area contributed by atoms with Crippen LogP contribution >= 0.6 is 23.2 Å². The van der Waals surface area contributed by atoms with Gasteiger partial charge in [-0.05, 0) is 55.9 Å². The zero-order valence-electron chi connectivity index (χ0n) is 24.3. The molecule has 5 aliphatic rings. The second-order valence-corrected chi connectivity index (χ2v) is 13.6. The van der Waals surface area contributed by atoms with Crippen molar-refractivity contribution in [3.63, 3.8) is 0 Å². The van der Waals surface area contributed by atoms with Gasteiger partial charge in [-0.1, -0.05) is 35.3 Å². The average molecular weight is 654 g/mol. The van der Waals surface area contributed by atoms with Gasteiger partial charge in [-0.2, -0.15) is 5.26 Å². The van der Waals surface area contributed by atoms with E-state index in [9.17, 15) is 18.8 Å². The quantitative estimate of drug-likeness (QED) is 0.245. The number of hydrogen-bond donors (Lipinski definition) is 1. The molecule has 6 heterocycles. The van der Waals surface area contributed by atoms with E-state index in [2.05, 4.69) is 20.9 Å². The largest absolute Gasteiger partial charge is 0.337 e. The number of nitrogens with one attached hydrogen (secondary N) is 1. The van der Waals surface area contributed by atoms with E-state index in [-0.39, 0.29) is 45.3 Å². The first kappa shape index (κ1) is 28.9. The molecule has 0 spiro atoms. The molecule has 5 fully saturated rings. The fourth-order valence-electron chi connectivity index (χ4n) is 7.98.